The Morgan fingerprint density at radius 1 is 1.26 bits per heavy atom. The van der Waals surface area contributed by atoms with Crippen molar-refractivity contribution in [3.63, 3.8) is 0 Å². The van der Waals surface area contributed by atoms with Crippen LogP contribution in [0, 0.1) is 0 Å². The molecule has 1 amide bonds. The fourth-order valence-electron chi connectivity index (χ4n) is 2.51. The Labute approximate surface area is 143 Å². The number of rotatable bonds is 5. The Balaban J connectivity index is 1.58. The molecule has 0 radical (unpaired) electrons. The quantitative estimate of drug-likeness (QED) is 0.707. The number of imidazole rings is 1. The largest absolute Gasteiger partial charge is 0.346 e. The van der Waals surface area contributed by atoms with Crippen molar-refractivity contribution in [2.75, 3.05) is 0 Å². The zero-order valence-corrected chi connectivity index (χ0v) is 14.4. The molecule has 5 heteroatoms. The van der Waals surface area contributed by atoms with Gasteiger partial charge in [-0.3, -0.25) is 4.79 Å². The number of nitrogens with one attached hydrogen (secondary N) is 2. The van der Waals surface area contributed by atoms with Crippen LogP contribution >= 0.6 is 15.9 Å². The molecule has 23 heavy (non-hydrogen) atoms. The molecule has 1 atom stereocenters. The van der Waals surface area contributed by atoms with Crippen LogP contribution in [0.1, 0.15) is 30.8 Å². The van der Waals surface area contributed by atoms with Crippen LogP contribution in [-0.4, -0.2) is 15.9 Å². The minimum absolute atomic E-state index is 0.0259. The number of carbonyl (C=O) groups is 1. The third kappa shape index (κ3) is 3.99. The van der Waals surface area contributed by atoms with Gasteiger partial charge in [-0.05, 0) is 43.2 Å². The molecule has 0 aliphatic carbocycles. The molecule has 0 aliphatic rings. The Kier molecular flexibility index (Phi) is 4.76. The molecule has 4 nitrogen and oxygen atoms in total. The molecule has 0 bridgehead atoms. The van der Waals surface area contributed by atoms with Gasteiger partial charge in [-0.2, -0.15) is 0 Å². The van der Waals surface area contributed by atoms with Crippen molar-refractivity contribution in [1.82, 2.24) is 15.3 Å². The van der Waals surface area contributed by atoms with E-state index in [0.717, 1.165) is 33.3 Å². The second kappa shape index (κ2) is 6.96. The molecule has 3 aromatic rings. The average Bonchev–Trinajstić information content (AvgIpc) is 2.97. The summed E-state index contributed by atoms with van der Waals surface area (Å²) in [5.74, 6) is 0.805. The minimum Gasteiger partial charge on any atom is -0.346 e. The first-order valence-electron chi connectivity index (χ1n) is 7.60. The van der Waals surface area contributed by atoms with Crippen LogP contribution in [0.2, 0.25) is 0 Å². The Bertz CT molecular complexity index is 795. The predicted octanol–water partition coefficient (Wildman–Crippen LogP) is 4.14. The summed E-state index contributed by atoms with van der Waals surface area (Å²) in [5, 5.41) is 3.00. The molecule has 2 N–H and O–H groups in total. The molecule has 1 heterocycles. The lowest BCUT2D eigenvalue weighted by Crippen LogP contribution is -2.27. The van der Waals surface area contributed by atoms with E-state index in [4.69, 9.17) is 0 Å². The first-order valence-corrected chi connectivity index (χ1v) is 8.39. The molecule has 2 aromatic carbocycles. The standard InChI is InChI=1S/C18H18BrN3O/c1-12(18-21-15-7-2-3-8-16(15)22-18)20-17(23)10-9-13-5-4-6-14(19)11-13/h2-8,11-12H,9-10H2,1H3,(H,20,23)(H,21,22). The molecule has 3 rings (SSSR count). The average molecular weight is 372 g/mol. The van der Waals surface area contributed by atoms with Crippen molar-refractivity contribution in [3.8, 4) is 0 Å². The van der Waals surface area contributed by atoms with Crippen molar-refractivity contribution >= 4 is 32.9 Å². The van der Waals surface area contributed by atoms with Gasteiger partial charge in [-0.1, -0.05) is 40.2 Å². The second-order valence-corrected chi connectivity index (χ2v) is 6.47. The molecule has 1 unspecified atom stereocenters. The number of aryl methyl sites for hydroxylation is 1. The van der Waals surface area contributed by atoms with Crippen molar-refractivity contribution in [2.45, 2.75) is 25.8 Å². The lowest BCUT2D eigenvalue weighted by atomic mass is 10.1. The van der Waals surface area contributed by atoms with Crippen molar-refractivity contribution in [3.05, 3.63) is 64.4 Å². The van der Waals surface area contributed by atoms with Gasteiger partial charge in [0.25, 0.3) is 0 Å². The third-order valence-electron chi connectivity index (χ3n) is 3.73. The van der Waals surface area contributed by atoms with Crippen LogP contribution in [0.5, 0.6) is 0 Å². The van der Waals surface area contributed by atoms with E-state index in [-0.39, 0.29) is 11.9 Å². The van der Waals surface area contributed by atoms with Crippen molar-refractivity contribution < 1.29 is 4.79 Å². The summed E-state index contributed by atoms with van der Waals surface area (Å²) in [4.78, 5) is 19.9. The first-order chi connectivity index (χ1) is 11.1. The van der Waals surface area contributed by atoms with Gasteiger partial charge >= 0.3 is 0 Å². The molecule has 0 spiro atoms. The highest BCUT2D eigenvalue weighted by Gasteiger charge is 2.13. The number of hydrogen-bond acceptors (Lipinski definition) is 2. The number of H-pyrrole nitrogens is 1. The summed E-state index contributed by atoms with van der Waals surface area (Å²) >= 11 is 3.44. The van der Waals surface area contributed by atoms with E-state index in [1.54, 1.807) is 0 Å². The fourth-order valence-corrected chi connectivity index (χ4v) is 2.96. The molecule has 0 saturated heterocycles. The molecular weight excluding hydrogens is 354 g/mol. The van der Waals surface area contributed by atoms with Crippen LogP contribution in [0.3, 0.4) is 0 Å². The topological polar surface area (TPSA) is 57.8 Å². The normalized spacial score (nSPS) is 12.3. The smallest absolute Gasteiger partial charge is 0.220 e. The Morgan fingerprint density at radius 2 is 2.09 bits per heavy atom. The van der Waals surface area contributed by atoms with E-state index < -0.39 is 0 Å². The number of aromatic amines is 1. The number of fused-ring (bicyclic) bond motifs is 1. The SMILES string of the molecule is CC(NC(=O)CCc1cccc(Br)c1)c1nc2ccccc2[nH]1. The number of aromatic nitrogens is 2. The number of nitrogens with zero attached hydrogens (tertiary/aromatic N) is 1. The van der Waals surface area contributed by atoms with Gasteiger partial charge in [-0.25, -0.2) is 4.98 Å². The number of amides is 1. The van der Waals surface area contributed by atoms with E-state index in [2.05, 4.69) is 31.2 Å². The monoisotopic (exact) mass is 371 g/mol. The number of benzene rings is 2. The zero-order chi connectivity index (χ0) is 16.2. The number of para-hydroxylation sites is 2. The molecule has 0 saturated carbocycles. The summed E-state index contributed by atoms with van der Waals surface area (Å²) in [5.41, 5.74) is 3.04. The van der Waals surface area contributed by atoms with Gasteiger partial charge in [0.15, 0.2) is 0 Å². The lowest BCUT2D eigenvalue weighted by Gasteiger charge is -2.11. The summed E-state index contributed by atoms with van der Waals surface area (Å²) in [6, 6.07) is 15.7. The van der Waals surface area contributed by atoms with E-state index >= 15 is 0 Å². The van der Waals surface area contributed by atoms with Gasteiger partial charge in [0.05, 0.1) is 17.1 Å². The highest BCUT2D eigenvalue weighted by atomic mass is 79.9. The third-order valence-corrected chi connectivity index (χ3v) is 4.22. The zero-order valence-electron chi connectivity index (χ0n) is 12.8. The maximum absolute atomic E-state index is 12.1. The van der Waals surface area contributed by atoms with E-state index in [1.165, 1.54) is 0 Å². The van der Waals surface area contributed by atoms with Crippen molar-refractivity contribution in [1.29, 1.82) is 0 Å². The Morgan fingerprint density at radius 3 is 2.87 bits per heavy atom. The summed E-state index contributed by atoms with van der Waals surface area (Å²) in [6.45, 7) is 1.94. The fraction of sp³-hybridized carbons (Fsp3) is 0.222. The summed E-state index contributed by atoms with van der Waals surface area (Å²) in [6.07, 6.45) is 1.18. The lowest BCUT2D eigenvalue weighted by molar-refractivity contribution is -0.121. The Hall–Kier alpha value is -2.14. The van der Waals surface area contributed by atoms with Gasteiger partial charge < -0.3 is 10.3 Å². The van der Waals surface area contributed by atoms with E-state index in [9.17, 15) is 4.79 Å². The van der Waals surface area contributed by atoms with Crippen LogP contribution in [0.4, 0.5) is 0 Å². The predicted molar refractivity (Wildman–Crippen MR) is 95.1 cm³/mol. The minimum atomic E-state index is -0.141. The van der Waals surface area contributed by atoms with Crippen LogP contribution in [-0.2, 0) is 11.2 Å². The van der Waals surface area contributed by atoms with Gasteiger partial charge in [0, 0.05) is 10.9 Å². The number of hydrogen-bond donors (Lipinski definition) is 2. The van der Waals surface area contributed by atoms with Crippen LogP contribution in [0.15, 0.2) is 53.0 Å². The van der Waals surface area contributed by atoms with Gasteiger partial charge in [0.2, 0.25) is 5.91 Å². The van der Waals surface area contributed by atoms with Gasteiger partial charge in [0.1, 0.15) is 5.82 Å². The molecule has 0 aliphatic heterocycles. The molecule has 118 valence electrons. The van der Waals surface area contributed by atoms with Crippen molar-refractivity contribution in [2.24, 2.45) is 0 Å². The number of carbonyl (C=O) groups excluding carboxylic acids is 1. The maximum Gasteiger partial charge on any atom is 0.220 e. The van der Waals surface area contributed by atoms with Crippen LogP contribution in [0.25, 0.3) is 11.0 Å². The van der Waals surface area contributed by atoms with E-state index in [1.807, 2.05) is 55.5 Å². The van der Waals surface area contributed by atoms with E-state index in [0.29, 0.717) is 6.42 Å². The summed E-state index contributed by atoms with van der Waals surface area (Å²) in [7, 11) is 0. The number of halogens is 1. The van der Waals surface area contributed by atoms with Gasteiger partial charge in [-0.15, -0.1) is 0 Å². The highest BCUT2D eigenvalue weighted by Crippen LogP contribution is 2.16. The molecular formula is C18H18BrN3O. The van der Waals surface area contributed by atoms with Crippen LogP contribution < -0.4 is 5.32 Å². The second-order valence-electron chi connectivity index (χ2n) is 5.56. The maximum atomic E-state index is 12.1. The molecule has 0 fully saturated rings. The molecule has 1 aromatic heterocycles. The first kappa shape index (κ1) is 15.7. The highest BCUT2D eigenvalue weighted by molar-refractivity contribution is 9.10. The summed E-state index contributed by atoms with van der Waals surface area (Å²) < 4.78 is 1.03.